The first-order valence-corrected chi connectivity index (χ1v) is 7.90. The smallest absolute Gasteiger partial charge is 0.138 e. The van der Waals surface area contributed by atoms with Crippen molar-refractivity contribution >= 4 is 17.3 Å². The molecule has 3 nitrogen and oxygen atoms in total. The van der Waals surface area contributed by atoms with Gasteiger partial charge < -0.3 is 15.2 Å². The molecule has 0 aromatic heterocycles. The van der Waals surface area contributed by atoms with Gasteiger partial charge in [0.25, 0.3) is 0 Å². The zero-order valence-electron chi connectivity index (χ0n) is 11.7. The van der Waals surface area contributed by atoms with Crippen molar-refractivity contribution < 1.29 is 9.47 Å². The van der Waals surface area contributed by atoms with Crippen LogP contribution in [0.25, 0.3) is 0 Å². The van der Waals surface area contributed by atoms with Gasteiger partial charge in [0, 0.05) is 18.5 Å². The van der Waals surface area contributed by atoms with E-state index in [1.807, 2.05) is 12.1 Å². The molecule has 4 heteroatoms. The average molecular weight is 296 g/mol. The molecule has 1 aliphatic carbocycles. The van der Waals surface area contributed by atoms with Crippen LogP contribution in [-0.2, 0) is 4.74 Å². The lowest BCUT2D eigenvalue weighted by molar-refractivity contribution is -0.129. The summed E-state index contributed by atoms with van der Waals surface area (Å²) in [5.74, 6) is 0.735. The number of hydrogen-bond donors (Lipinski definition) is 1. The third kappa shape index (κ3) is 3.04. The van der Waals surface area contributed by atoms with Crippen LogP contribution in [0.3, 0.4) is 0 Å². The molecule has 20 heavy (non-hydrogen) atoms. The summed E-state index contributed by atoms with van der Waals surface area (Å²) in [6, 6.07) is 5.43. The molecule has 1 aromatic carbocycles. The van der Waals surface area contributed by atoms with Crippen molar-refractivity contribution in [3.8, 4) is 5.75 Å². The second kappa shape index (κ2) is 5.82. The van der Waals surface area contributed by atoms with E-state index in [0.29, 0.717) is 10.7 Å². The van der Waals surface area contributed by atoms with Crippen molar-refractivity contribution in [2.45, 2.75) is 56.7 Å². The lowest BCUT2D eigenvalue weighted by Crippen LogP contribution is -2.45. The van der Waals surface area contributed by atoms with Crippen molar-refractivity contribution in [3.05, 3.63) is 23.2 Å². The molecule has 3 rings (SSSR count). The number of ether oxygens (including phenoxy) is 2. The van der Waals surface area contributed by atoms with Gasteiger partial charge in [-0.05, 0) is 31.0 Å². The van der Waals surface area contributed by atoms with Crippen LogP contribution in [0.1, 0.15) is 44.9 Å². The Morgan fingerprint density at radius 2 is 2.05 bits per heavy atom. The quantitative estimate of drug-likeness (QED) is 0.832. The van der Waals surface area contributed by atoms with Crippen LogP contribution in [0.4, 0.5) is 5.69 Å². The number of benzene rings is 1. The van der Waals surface area contributed by atoms with E-state index in [9.17, 15) is 0 Å². The van der Waals surface area contributed by atoms with Gasteiger partial charge in [-0.3, -0.25) is 0 Å². The molecule has 1 aromatic rings. The summed E-state index contributed by atoms with van der Waals surface area (Å²) in [6.07, 6.45) is 8.33. The van der Waals surface area contributed by atoms with Gasteiger partial charge in [-0.15, -0.1) is 0 Å². The summed E-state index contributed by atoms with van der Waals surface area (Å²) in [7, 11) is 0. The monoisotopic (exact) mass is 295 g/mol. The van der Waals surface area contributed by atoms with Gasteiger partial charge in [0.2, 0.25) is 0 Å². The molecule has 2 fully saturated rings. The second-order valence-corrected chi connectivity index (χ2v) is 6.42. The molecule has 2 N–H and O–H groups in total. The van der Waals surface area contributed by atoms with Gasteiger partial charge in [0.15, 0.2) is 0 Å². The van der Waals surface area contributed by atoms with Gasteiger partial charge in [0.05, 0.1) is 17.2 Å². The van der Waals surface area contributed by atoms with Crippen molar-refractivity contribution in [1.29, 1.82) is 0 Å². The Hall–Kier alpha value is -0.930. The van der Waals surface area contributed by atoms with Gasteiger partial charge >= 0.3 is 0 Å². The van der Waals surface area contributed by atoms with E-state index < -0.39 is 0 Å². The fourth-order valence-electron chi connectivity index (χ4n) is 3.42. The van der Waals surface area contributed by atoms with E-state index in [-0.39, 0.29) is 11.7 Å². The maximum absolute atomic E-state index is 6.19. The fraction of sp³-hybridized carbons (Fsp3) is 0.625. The summed E-state index contributed by atoms with van der Waals surface area (Å²) in [5, 5.41) is 0.592. The highest BCUT2D eigenvalue weighted by atomic mass is 35.5. The molecule has 0 radical (unpaired) electrons. The molecule has 1 spiro atoms. The van der Waals surface area contributed by atoms with Crippen LogP contribution in [0.5, 0.6) is 5.75 Å². The third-order valence-electron chi connectivity index (χ3n) is 4.46. The number of rotatable bonds is 2. The van der Waals surface area contributed by atoms with Crippen LogP contribution in [0.2, 0.25) is 5.02 Å². The fourth-order valence-corrected chi connectivity index (χ4v) is 3.65. The molecular weight excluding hydrogens is 274 g/mol. The predicted octanol–water partition coefficient (Wildman–Crippen LogP) is 4.18. The molecule has 1 heterocycles. The van der Waals surface area contributed by atoms with E-state index in [2.05, 4.69) is 0 Å². The first kappa shape index (κ1) is 14.0. The molecule has 110 valence electrons. The summed E-state index contributed by atoms with van der Waals surface area (Å²) in [5.41, 5.74) is 6.43. The Morgan fingerprint density at radius 3 is 2.80 bits per heavy atom. The topological polar surface area (TPSA) is 44.5 Å². The van der Waals surface area contributed by atoms with Gasteiger partial charge in [-0.1, -0.05) is 30.9 Å². The minimum atomic E-state index is 0.0570. The van der Waals surface area contributed by atoms with Crippen molar-refractivity contribution in [2.24, 2.45) is 0 Å². The van der Waals surface area contributed by atoms with Crippen LogP contribution in [-0.4, -0.2) is 18.3 Å². The second-order valence-electron chi connectivity index (χ2n) is 6.01. The summed E-state index contributed by atoms with van der Waals surface area (Å²) in [4.78, 5) is 0. The van der Waals surface area contributed by atoms with Crippen LogP contribution < -0.4 is 10.5 Å². The Balaban J connectivity index is 1.68. The van der Waals surface area contributed by atoms with Crippen LogP contribution in [0, 0.1) is 0 Å². The summed E-state index contributed by atoms with van der Waals surface area (Å²) < 4.78 is 12.2. The minimum absolute atomic E-state index is 0.0570. The normalized spacial score (nSPS) is 25.6. The van der Waals surface area contributed by atoms with E-state index in [1.54, 1.807) is 6.07 Å². The molecular formula is C16H22ClNO2. The summed E-state index contributed by atoms with van der Waals surface area (Å²) >= 11 is 6.19. The minimum Gasteiger partial charge on any atom is -0.489 e. The van der Waals surface area contributed by atoms with Gasteiger partial charge in [-0.2, -0.15) is 0 Å². The Labute approximate surface area is 125 Å². The van der Waals surface area contributed by atoms with Crippen LogP contribution >= 0.6 is 11.6 Å². The highest BCUT2D eigenvalue weighted by Gasteiger charge is 2.39. The predicted molar refractivity (Wildman–Crippen MR) is 81.3 cm³/mol. The highest BCUT2D eigenvalue weighted by molar-refractivity contribution is 6.32. The molecule has 0 amide bonds. The summed E-state index contributed by atoms with van der Waals surface area (Å²) in [6.45, 7) is 0.789. The zero-order chi connectivity index (χ0) is 14.0. The van der Waals surface area contributed by atoms with Gasteiger partial charge in [-0.25, -0.2) is 0 Å². The number of anilines is 1. The Morgan fingerprint density at radius 1 is 1.25 bits per heavy atom. The van der Waals surface area contributed by atoms with E-state index in [4.69, 9.17) is 26.8 Å². The Kier molecular flexibility index (Phi) is 4.08. The van der Waals surface area contributed by atoms with Crippen molar-refractivity contribution in [2.75, 3.05) is 12.3 Å². The van der Waals surface area contributed by atoms with Gasteiger partial charge in [0.1, 0.15) is 11.9 Å². The largest absolute Gasteiger partial charge is 0.489 e. The maximum atomic E-state index is 6.19. The molecule has 1 unspecified atom stereocenters. The maximum Gasteiger partial charge on any atom is 0.138 e. The molecule has 0 bridgehead atoms. The van der Waals surface area contributed by atoms with Crippen LogP contribution in [0.15, 0.2) is 18.2 Å². The number of nitrogen functional groups attached to an aromatic ring is 1. The van der Waals surface area contributed by atoms with E-state index in [0.717, 1.165) is 25.2 Å². The average Bonchev–Trinajstić information content (AvgIpc) is 2.43. The number of hydrogen-bond acceptors (Lipinski definition) is 3. The third-order valence-corrected chi connectivity index (χ3v) is 4.76. The lowest BCUT2D eigenvalue weighted by atomic mass is 9.79. The number of halogens is 1. The zero-order valence-corrected chi connectivity index (χ0v) is 12.5. The standard InChI is InChI=1S/C16H22ClNO2/c17-14-10-12(18)4-5-15(14)20-13-6-9-19-16(11-13)7-2-1-3-8-16/h4-5,10,13H,1-3,6-9,11,18H2. The highest BCUT2D eigenvalue weighted by Crippen LogP contribution is 2.40. The Bertz CT molecular complexity index is 466. The first-order valence-electron chi connectivity index (χ1n) is 7.53. The molecule has 2 aliphatic rings. The molecule has 1 saturated heterocycles. The van der Waals surface area contributed by atoms with E-state index >= 15 is 0 Å². The van der Waals surface area contributed by atoms with E-state index in [1.165, 1.54) is 32.1 Å². The number of nitrogens with two attached hydrogens (primary N) is 1. The SMILES string of the molecule is Nc1ccc(OC2CCOC3(CCCCC3)C2)c(Cl)c1. The van der Waals surface area contributed by atoms with Crippen molar-refractivity contribution in [3.63, 3.8) is 0 Å². The molecule has 1 saturated carbocycles. The first-order chi connectivity index (χ1) is 9.67. The van der Waals surface area contributed by atoms with Crippen molar-refractivity contribution in [1.82, 2.24) is 0 Å². The molecule has 1 aliphatic heterocycles. The lowest BCUT2D eigenvalue weighted by Gasteiger charge is -2.43. The molecule has 1 atom stereocenters.